The number of anilines is 1. The zero-order chi connectivity index (χ0) is 13.3. The molecule has 0 bridgehead atoms. The van der Waals surface area contributed by atoms with Crippen molar-refractivity contribution >= 4 is 21.6 Å². The fraction of sp³-hybridized carbons (Fsp3) is 0.308. The molecule has 0 radical (unpaired) electrons. The SMILES string of the molecule is Cc1nn(C)cc1NC(C)c1ccc(F)c(Br)c1. The van der Waals surface area contributed by atoms with Gasteiger partial charge < -0.3 is 5.32 Å². The van der Waals surface area contributed by atoms with Crippen LogP contribution < -0.4 is 5.32 Å². The Morgan fingerprint density at radius 2 is 2.17 bits per heavy atom. The topological polar surface area (TPSA) is 29.9 Å². The van der Waals surface area contributed by atoms with E-state index in [-0.39, 0.29) is 11.9 Å². The maximum absolute atomic E-state index is 13.2. The molecule has 0 aliphatic rings. The predicted molar refractivity (Wildman–Crippen MR) is 74.1 cm³/mol. The smallest absolute Gasteiger partial charge is 0.137 e. The van der Waals surface area contributed by atoms with E-state index in [2.05, 4.69) is 26.3 Å². The first kappa shape index (κ1) is 13.1. The Labute approximate surface area is 114 Å². The summed E-state index contributed by atoms with van der Waals surface area (Å²) in [7, 11) is 1.89. The number of hydrogen-bond acceptors (Lipinski definition) is 2. The molecule has 1 unspecified atom stereocenters. The minimum atomic E-state index is -0.247. The lowest BCUT2D eigenvalue weighted by molar-refractivity contribution is 0.619. The first-order valence-corrected chi connectivity index (χ1v) is 6.48. The molecule has 1 atom stereocenters. The Bertz CT molecular complexity index is 565. The van der Waals surface area contributed by atoms with Crippen molar-refractivity contribution in [2.45, 2.75) is 19.9 Å². The molecule has 0 aliphatic carbocycles. The van der Waals surface area contributed by atoms with Gasteiger partial charge >= 0.3 is 0 Å². The number of nitrogens with one attached hydrogen (secondary N) is 1. The van der Waals surface area contributed by atoms with Crippen LogP contribution in [0.15, 0.2) is 28.9 Å². The summed E-state index contributed by atoms with van der Waals surface area (Å²) in [6.07, 6.45) is 1.93. The second kappa shape index (κ2) is 5.10. The third-order valence-corrected chi connectivity index (χ3v) is 3.44. The van der Waals surface area contributed by atoms with Crippen LogP contribution in [0, 0.1) is 12.7 Å². The second-order valence-electron chi connectivity index (χ2n) is 4.34. The Morgan fingerprint density at radius 3 is 2.72 bits per heavy atom. The van der Waals surface area contributed by atoms with Gasteiger partial charge in [0.05, 0.1) is 15.9 Å². The average Bonchev–Trinajstić information content (AvgIpc) is 2.61. The number of hydrogen-bond donors (Lipinski definition) is 1. The Kier molecular flexibility index (Phi) is 3.71. The third kappa shape index (κ3) is 2.72. The van der Waals surface area contributed by atoms with Gasteiger partial charge in [0.25, 0.3) is 0 Å². The fourth-order valence-electron chi connectivity index (χ4n) is 1.84. The molecule has 2 rings (SSSR count). The van der Waals surface area contributed by atoms with Crippen molar-refractivity contribution in [3.8, 4) is 0 Å². The van der Waals surface area contributed by atoms with Gasteiger partial charge in [-0.25, -0.2) is 4.39 Å². The zero-order valence-corrected chi connectivity index (χ0v) is 12.1. The molecule has 3 nitrogen and oxygen atoms in total. The highest BCUT2D eigenvalue weighted by atomic mass is 79.9. The fourth-order valence-corrected chi connectivity index (χ4v) is 2.24. The highest BCUT2D eigenvalue weighted by Crippen LogP contribution is 2.25. The van der Waals surface area contributed by atoms with Gasteiger partial charge in [0.1, 0.15) is 5.82 Å². The van der Waals surface area contributed by atoms with Crippen LogP contribution in [0.3, 0.4) is 0 Å². The molecule has 96 valence electrons. The van der Waals surface area contributed by atoms with Crippen LogP contribution in [-0.2, 0) is 7.05 Å². The van der Waals surface area contributed by atoms with E-state index in [0.717, 1.165) is 16.9 Å². The quantitative estimate of drug-likeness (QED) is 0.934. The van der Waals surface area contributed by atoms with E-state index in [1.54, 1.807) is 16.8 Å². The van der Waals surface area contributed by atoms with E-state index in [1.165, 1.54) is 6.07 Å². The van der Waals surface area contributed by atoms with Crippen LogP contribution in [0.2, 0.25) is 0 Å². The summed E-state index contributed by atoms with van der Waals surface area (Å²) in [5.41, 5.74) is 2.96. The van der Waals surface area contributed by atoms with Crippen molar-refractivity contribution in [2.24, 2.45) is 7.05 Å². The Hall–Kier alpha value is -1.36. The van der Waals surface area contributed by atoms with Crippen LogP contribution in [0.1, 0.15) is 24.2 Å². The molecule has 1 N–H and O–H groups in total. The molecule has 0 fully saturated rings. The van der Waals surface area contributed by atoms with Crippen molar-refractivity contribution in [1.29, 1.82) is 0 Å². The van der Waals surface area contributed by atoms with Gasteiger partial charge in [0.2, 0.25) is 0 Å². The third-order valence-electron chi connectivity index (χ3n) is 2.83. The zero-order valence-electron chi connectivity index (χ0n) is 10.5. The normalized spacial score (nSPS) is 12.5. The van der Waals surface area contributed by atoms with Crippen molar-refractivity contribution < 1.29 is 4.39 Å². The molecule has 18 heavy (non-hydrogen) atoms. The molecule has 0 spiro atoms. The van der Waals surface area contributed by atoms with Crippen LogP contribution in [0.5, 0.6) is 0 Å². The number of aromatic nitrogens is 2. The van der Waals surface area contributed by atoms with Gasteiger partial charge in [-0.2, -0.15) is 5.10 Å². The summed E-state index contributed by atoms with van der Waals surface area (Å²) in [6, 6.07) is 5.13. The summed E-state index contributed by atoms with van der Waals surface area (Å²) < 4.78 is 15.4. The van der Waals surface area contributed by atoms with E-state index in [9.17, 15) is 4.39 Å². The highest BCUT2D eigenvalue weighted by Gasteiger charge is 2.10. The van der Waals surface area contributed by atoms with E-state index in [4.69, 9.17) is 0 Å². The molecule has 0 saturated carbocycles. The van der Waals surface area contributed by atoms with Gasteiger partial charge in [-0.15, -0.1) is 0 Å². The maximum Gasteiger partial charge on any atom is 0.137 e. The molecular weight excluding hydrogens is 297 g/mol. The monoisotopic (exact) mass is 311 g/mol. The largest absolute Gasteiger partial charge is 0.376 e. The van der Waals surface area contributed by atoms with Crippen LogP contribution in [0.4, 0.5) is 10.1 Å². The molecule has 0 amide bonds. The minimum absolute atomic E-state index is 0.0878. The second-order valence-corrected chi connectivity index (χ2v) is 5.20. The molecule has 1 aromatic carbocycles. The average molecular weight is 312 g/mol. The van der Waals surface area contributed by atoms with Gasteiger partial charge in [-0.3, -0.25) is 4.68 Å². The van der Waals surface area contributed by atoms with Crippen LogP contribution >= 0.6 is 15.9 Å². The van der Waals surface area contributed by atoms with Crippen molar-refractivity contribution in [2.75, 3.05) is 5.32 Å². The summed E-state index contributed by atoms with van der Waals surface area (Å²) >= 11 is 3.20. The van der Waals surface area contributed by atoms with Gasteiger partial charge in [-0.1, -0.05) is 6.07 Å². The summed E-state index contributed by atoms with van der Waals surface area (Å²) in [6.45, 7) is 3.99. The summed E-state index contributed by atoms with van der Waals surface area (Å²) in [5, 5.41) is 7.64. The number of aryl methyl sites for hydroxylation is 2. The van der Waals surface area contributed by atoms with E-state index >= 15 is 0 Å². The maximum atomic E-state index is 13.2. The molecular formula is C13H15BrFN3. The summed E-state index contributed by atoms with van der Waals surface area (Å²) in [5.74, 6) is -0.247. The van der Waals surface area contributed by atoms with Gasteiger partial charge in [-0.05, 0) is 47.5 Å². The molecule has 1 heterocycles. The minimum Gasteiger partial charge on any atom is -0.376 e. The van der Waals surface area contributed by atoms with E-state index in [1.807, 2.05) is 27.1 Å². The molecule has 5 heteroatoms. The van der Waals surface area contributed by atoms with Crippen molar-refractivity contribution in [3.63, 3.8) is 0 Å². The number of halogens is 2. The Morgan fingerprint density at radius 1 is 1.44 bits per heavy atom. The lowest BCUT2D eigenvalue weighted by Gasteiger charge is -2.15. The summed E-state index contributed by atoms with van der Waals surface area (Å²) in [4.78, 5) is 0. The van der Waals surface area contributed by atoms with Gasteiger partial charge in [0, 0.05) is 19.3 Å². The lowest BCUT2D eigenvalue weighted by Crippen LogP contribution is -2.07. The molecule has 1 aromatic heterocycles. The first-order chi connectivity index (χ1) is 8.47. The van der Waals surface area contributed by atoms with Crippen molar-refractivity contribution in [1.82, 2.24) is 9.78 Å². The predicted octanol–water partition coefficient (Wildman–Crippen LogP) is 3.80. The van der Waals surface area contributed by atoms with Crippen LogP contribution in [-0.4, -0.2) is 9.78 Å². The van der Waals surface area contributed by atoms with E-state index in [0.29, 0.717) is 4.47 Å². The van der Waals surface area contributed by atoms with E-state index < -0.39 is 0 Å². The van der Waals surface area contributed by atoms with Crippen LogP contribution in [0.25, 0.3) is 0 Å². The molecule has 0 saturated heterocycles. The number of rotatable bonds is 3. The number of benzene rings is 1. The lowest BCUT2D eigenvalue weighted by atomic mass is 10.1. The van der Waals surface area contributed by atoms with Gasteiger partial charge in [0.15, 0.2) is 0 Å². The Balaban J connectivity index is 2.19. The first-order valence-electron chi connectivity index (χ1n) is 5.69. The number of nitrogens with zero attached hydrogens (tertiary/aromatic N) is 2. The molecule has 2 aromatic rings. The van der Waals surface area contributed by atoms with Crippen molar-refractivity contribution in [3.05, 3.63) is 45.9 Å². The standard InChI is InChI=1S/C13H15BrFN3/c1-8(10-4-5-12(15)11(14)6-10)16-13-7-18(3)17-9(13)2/h4-8,16H,1-3H3. The molecule has 0 aliphatic heterocycles. The highest BCUT2D eigenvalue weighted by molar-refractivity contribution is 9.10.